The third-order valence-corrected chi connectivity index (χ3v) is 3.54. The van der Waals surface area contributed by atoms with Gasteiger partial charge in [-0.05, 0) is 21.5 Å². The number of aromatic nitrogens is 3. The number of rotatable bonds is 6. The summed E-state index contributed by atoms with van der Waals surface area (Å²) < 4.78 is 6.78. The molecule has 0 spiro atoms. The fourth-order valence-electron chi connectivity index (χ4n) is 1.67. The maximum atomic E-state index is 12.0. The maximum Gasteiger partial charge on any atom is 0.283 e. The third kappa shape index (κ3) is 3.69. The molecule has 0 fully saturated rings. The molecule has 0 bridgehead atoms. The van der Waals surface area contributed by atoms with Gasteiger partial charge in [0.15, 0.2) is 0 Å². The molecule has 0 saturated heterocycles. The number of pyridine rings is 1. The van der Waals surface area contributed by atoms with Crippen LogP contribution in [-0.4, -0.2) is 21.9 Å². The lowest BCUT2D eigenvalue weighted by Crippen LogP contribution is -2.23. The summed E-state index contributed by atoms with van der Waals surface area (Å²) in [5, 5.41) is 7.22. The topological polar surface area (TPSA) is 69.0 Å². The average molecular weight is 351 g/mol. The lowest BCUT2D eigenvalue weighted by atomic mass is 10.3. The van der Waals surface area contributed by atoms with Crippen LogP contribution in [0.15, 0.2) is 46.4 Å². The molecule has 0 saturated carbocycles. The Morgan fingerprint density at radius 1 is 1.48 bits per heavy atom. The van der Waals surface area contributed by atoms with E-state index in [9.17, 15) is 4.79 Å². The van der Waals surface area contributed by atoms with Crippen molar-refractivity contribution in [1.29, 1.82) is 0 Å². The number of methoxy groups -OCH3 is 1. The molecule has 0 radical (unpaired) electrons. The number of ether oxygens (including phenoxy) is 1. The lowest BCUT2D eigenvalue weighted by molar-refractivity contribution is 0.397. The van der Waals surface area contributed by atoms with Crippen LogP contribution in [0.4, 0.5) is 5.69 Å². The van der Waals surface area contributed by atoms with Crippen LogP contribution in [0.1, 0.15) is 5.56 Å². The zero-order chi connectivity index (χ0) is 15.2. The van der Waals surface area contributed by atoms with Gasteiger partial charge in [-0.1, -0.05) is 12.1 Å². The number of anilines is 1. The highest BCUT2D eigenvalue weighted by Crippen LogP contribution is 2.17. The summed E-state index contributed by atoms with van der Waals surface area (Å²) in [5.74, 6) is 0.564. The van der Waals surface area contributed by atoms with E-state index in [-0.39, 0.29) is 5.56 Å². The van der Waals surface area contributed by atoms with Crippen molar-refractivity contribution in [3.63, 3.8) is 0 Å². The molecule has 1 N–H and O–H groups in total. The molecule has 2 aromatic rings. The van der Waals surface area contributed by atoms with Crippen molar-refractivity contribution >= 4 is 21.6 Å². The Labute approximate surface area is 130 Å². The van der Waals surface area contributed by atoms with Crippen molar-refractivity contribution in [1.82, 2.24) is 14.8 Å². The number of nitrogens with one attached hydrogen (secondary N) is 1. The van der Waals surface area contributed by atoms with Crippen LogP contribution in [-0.2, 0) is 13.1 Å². The number of allylic oxidation sites excluding steroid dienone is 1. The maximum absolute atomic E-state index is 12.0. The minimum atomic E-state index is -0.201. The highest BCUT2D eigenvalue weighted by atomic mass is 79.9. The summed E-state index contributed by atoms with van der Waals surface area (Å²) in [4.78, 5) is 16.1. The number of hydrogen-bond donors (Lipinski definition) is 1. The van der Waals surface area contributed by atoms with Gasteiger partial charge in [0.2, 0.25) is 5.88 Å². The minimum Gasteiger partial charge on any atom is -0.481 e. The minimum absolute atomic E-state index is 0.201. The van der Waals surface area contributed by atoms with Crippen LogP contribution in [0.5, 0.6) is 5.88 Å². The predicted octanol–water partition coefficient (Wildman–Crippen LogP) is 2.21. The van der Waals surface area contributed by atoms with E-state index in [1.165, 1.54) is 4.68 Å². The monoisotopic (exact) mass is 350 g/mol. The Bertz CT molecular complexity index is 682. The predicted molar refractivity (Wildman–Crippen MR) is 84.5 cm³/mol. The summed E-state index contributed by atoms with van der Waals surface area (Å²) in [6.07, 6.45) is 4.94. The van der Waals surface area contributed by atoms with Crippen LogP contribution in [0.25, 0.3) is 0 Å². The van der Waals surface area contributed by atoms with Crippen molar-refractivity contribution in [2.24, 2.45) is 0 Å². The first-order chi connectivity index (χ1) is 10.2. The van der Waals surface area contributed by atoms with Gasteiger partial charge < -0.3 is 10.1 Å². The van der Waals surface area contributed by atoms with Crippen LogP contribution < -0.4 is 15.6 Å². The van der Waals surface area contributed by atoms with Gasteiger partial charge in [-0.15, -0.1) is 6.58 Å². The van der Waals surface area contributed by atoms with E-state index in [0.29, 0.717) is 29.1 Å². The molecule has 2 heterocycles. The molecular weight excluding hydrogens is 336 g/mol. The van der Waals surface area contributed by atoms with Gasteiger partial charge >= 0.3 is 0 Å². The summed E-state index contributed by atoms with van der Waals surface area (Å²) in [5.41, 5.74) is 1.40. The summed E-state index contributed by atoms with van der Waals surface area (Å²) >= 11 is 3.29. The van der Waals surface area contributed by atoms with Gasteiger partial charge in [0.05, 0.1) is 25.5 Å². The summed E-state index contributed by atoms with van der Waals surface area (Å²) in [6.45, 7) is 4.50. The Balaban J connectivity index is 2.10. The Kier molecular flexibility index (Phi) is 5.10. The first-order valence-electron chi connectivity index (χ1n) is 6.25. The first-order valence-corrected chi connectivity index (χ1v) is 7.04. The molecule has 0 aliphatic carbocycles. The van der Waals surface area contributed by atoms with Crippen LogP contribution in [0.3, 0.4) is 0 Å². The van der Waals surface area contributed by atoms with Crippen LogP contribution >= 0.6 is 15.9 Å². The van der Waals surface area contributed by atoms with E-state index in [2.05, 4.69) is 37.9 Å². The van der Waals surface area contributed by atoms with Crippen molar-refractivity contribution in [2.45, 2.75) is 13.1 Å². The summed E-state index contributed by atoms with van der Waals surface area (Å²) in [6, 6.07) is 3.69. The molecule has 0 unspecified atom stereocenters. The van der Waals surface area contributed by atoms with E-state index in [4.69, 9.17) is 4.74 Å². The van der Waals surface area contributed by atoms with E-state index >= 15 is 0 Å². The molecule has 7 heteroatoms. The van der Waals surface area contributed by atoms with Crippen molar-refractivity contribution in [2.75, 3.05) is 12.4 Å². The van der Waals surface area contributed by atoms with Crippen LogP contribution in [0, 0.1) is 0 Å². The smallest absolute Gasteiger partial charge is 0.283 e. The first kappa shape index (κ1) is 15.2. The van der Waals surface area contributed by atoms with E-state index in [1.54, 1.807) is 31.6 Å². The SMILES string of the molecule is C=CCn1ncc(NCc2ccc(OC)nc2)c(Br)c1=O. The second-order valence-corrected chi connectivity index (χ2v) is 5.00. The molecule has 2 rings (SSSR count). The molecule has 0 atom stereocenters. The summed E-state index contributed by atoms with van der Waals surface area (Å²) in [7, 11) is 1.57. The fraction of sp³-hybridized carbons (Fsp3) is 0.214. The van der Waals surface area contributed by atoms with Gasteiger partial charge in [-0.3, -0.25) is 4.79 Å². The quantitative estimate of drug-likeness (QED) is 0.809. The standard InChI is InChI=1S/C14H15BrN4O2/c1-3-6-19-14(20)13(15)11(9-18-19)16-7-10-4-5-12(21-2)17-8-10/h3-5,8-9,16H,1,6-7H2,2H3. The number of nitrogens with zero attached hydrogens (tertiary/aromatic N) is 3. The van der Waals surface area contributed by atoms with Gasteiger partial charge in [0.1, 0.15) is 4.47 Å². The zero-order valence-electron chi connectivity index (χ0n) is 11.5. The normalized spacial score (nSPS) is 10.2. The van der Waals surface area contributed by atoms with Gasteiger partial charge in [-0.2, -0.15) is 5.10 Å². The van der Waals surface area contributed by atoms with Gasteiger partial charge in [-0.25, -0.2) is 9.67 Å². The Morgan fingerprint density at radius 3 is 2.90 bits per heavy atom. The van der Waals surface area contributed by atoms with E-state index < -0.39 is 0 Å². The molecular formula is C14H15BrN4O2. The molecule has 6 nitrogen and oxygen atoms in total. The van der Waals surface area contributed by atoms with Crippen molar-refractivity contribution in [3.05, 3.63) is 57.6 Å². The fourth-order valence-corrected chi connectivity index (χ4v) is 2.12. The molecule has 2 aromatic heterocycles. The second kappa shape index (κ2) is 7.03. The van der Waals surface area contributed by atoms with E-state index in [0.717, 1.165) is 5.56 Å². The molecule has 0 aliphatic heterocycles. The van der Waals surface area contributed by atoms with Gasteiger partial charge in [0, 0.05) is 18.8 Å². The lowest BCUT2D eigenvalue weighted by Gasteiger charge is -2.09. The van der Waals surface area contributed by atoms with E-state index in [1.807, 2.05) is 6.07 Å². The van der Waals surface area contributed by atoms with Crippen LogP contribution in [0.2, 0.25) is 0 Å². The molecule has 0 amide bonds. The van der Waals surface area contributed by atoms with Crippen molar-refractivity contribution < 1.29 is 4.74 Å². The third-order valence-electron chi connectivity index (χ3n) is 2.78. The zero-order valence-corrected chi connectivity index (χ0v) is 13.1. The molecule has 110 valence electrons. The Hall–Kier alpha value is -2.15. The highest BCUT2D eigenvalue weighted by Gasteiger charge is 2.08. The number of hydrogen-bond acceptors (Lipinski definition) is 5. The second-order valence-electron chi connectivity index (χ2n) is 4.21. The molecule has 0 aromatic carbocycles. The largest absolute Gasteiger partial charge is 0.481 e. The van der Waals surface area contributed by atoms with Gasteiger partial charge in [0.25, 0.3) is 5.56 Å². The molecule has 0 aliphatic rings. The van der Waals surface area contributed by atoms with Crippen molar-refractivity contribution in [3.8, 4) is 5.88 Å². The highest BCUT2D eigenvalue weighted by molar-refractivity contribution is 9.10. The molecule has 21 heavy (non-hydrogen) atoms. The Morgan fingerprint density at radius 2 is 2.29 bits per heavy atom. The average Bonchev–Trinajstić information content (AvgIpc) is 2.52. The number of halogens is 1.